The van der Waals surface area contributed by atoms with Crippen molar-refractivity contribution in [2.24, 2.45) is 0 Å². The third kappa shape index (κ3) is 5.04. The van der Waals surface area contributed by atoms with Gasteiger partial charge in [-0.2, -0.15) is 18.4 Å². The number of thiocarbonyl (C=S) groups is 1. The summed E-state index contributed by atoms with van der Waals surface area (Å²) in [6.07, 6.45) is -4.54. The van der Waals surface area contributed by atoms with E-state index in [2.05, 4.69) is 15.7 Å². The van der Waals surface area contributed by atoms with Crippen molar-refractivity contribution in [1.29, 1.82) is 5.26 Å². The highest BCUT2D eigenvalue weighted by Crippen LogP contribution is 2.45. The van der Waals surface area contributed by atoms with Gasteiger partial charge in [0.25, 0.3) is 11.8 Å². The van der Waals surface area contributed by atoms with Crippen molar-refractivity contribution in [3.05, 3.63) is 70.1 Å². The van der Waals surface area contributed by atoms with E-state index < -0.39 is 46.4 Å². The molecule has 2 unspecified atom stereocenters. The fourth-order valence-corrected chi connectivity index (χ4v) is 6.79. The number of nitrogens with one attached hydrogen (secondary N) is 2. The van der Waals surface area contributed by atoms with Gasteiger partial charge in [0.05, 0.1) is 36.2 Å². The Balaban J connectivity index is 1.46. The van der Waals surface area contributed by atoms with Gasteiger partial charge >= 0.3 is 6.18 Å². The smallest absolute Gasteiger partial charge is 0.420 e. The van der Waals surface area contributed by atoms with Crippen LogP contribution in [0, 0.1) is 24.1 Å². The first-order chi connectivity index (χ1) is 22.4. The molecule has 2 amide bonds. The van der Waals surface area contributed by atoms with Gasteiger partial charge in [0.2, 0.25) is 0 Å². The Bertz CT molecular complexity index is 1850. The number of fused-ring (bicyclic) bond motifs is 1. The number of aromatic nitrogens is 2. The summed E-state index contributed by atoms with van der Waals surface area (Å²) in [6.45, 7) is 5.77. The summed E-state index contributed by atoms with van der Waals surface area (Å²) in [5.74, 6) is -1.87. The maximum Gasteiger partial charge on any atom is 0.420 e. The molecule has 2 N–H and O–H groups in total. The van der Waals surface area contributed by atoms with Crippen molar-refractivity contribution in [3.63, 3.8) is 0 Å². The zero-order valence-electron chi connectivity index (χ0n) is 25.5. The van der Waals surface area contributed by atoms with E-state index in [0.29, 0.717) is 40.6 Å². The lowest BCUT2D eigenvalue weighted by Gasteiger charge is -2.34. The van der Waals surface area contributed by atoms with Gasteiger partial charge in [0, 0.05) is 30.7 Å². The molecule has 3 aliphatic heterocycles. The number of aryl methyl sites for hydroxylation is 2. The van der Waals surface area contributed by atoms with Gasteiger partial charge < -0.3 is 19.7 Å². The summed E-state index contributed by atoms with van der Waals surface area (Å²) in [5.41, 5.74) is 0.0516. The van der Waals surface area contributed by atoms with Gasteiger partial charge in [-0.25, -0.2) is 14.1 Å². The molecule has 0 bridgehead atoms. The third-order valence-electron chi connectivity index (χ3n) is 8.38. The minimum absolute atomic E-state index is 0.103. The van der Waals surface area contributed by atoms with Crippen LogP contribution in [-0.4, -0.2) is 51.9 Å². The van der Waals surface area contributed by atoms with Crippen LogP contribution in [0.5, 0.6) is 5.75 Å². The normalized spacial score (nSPS) is 20.8. The molecule has 2 aromatic carbocycles. The maximum absolute atomic E-state index is 15.7. The first-order valence-corrected chi connectivity index (χ1v) is 15.3. The minimum atomic E-state index is -5.21. The van der Waals surface area contributed by atoms with Gasteiger partial charge in [-0.05, 0) is 62.8 Å². The van der Waals surface area contributed by atoms with Crippen molar-refractivity contribution in [1.82, 2.24) is 15.0 Å². The third-order valence-corrected chi connectivity index (χ3v) is 8.75. The number of ether oxygens (including phenoxy) is 2. The average molecular weight is 672 g/mol. The molecule has 246 valence electrons. The number of carbonyl (C=O) groups excluding carboxylic acids is 2. The second kappa shape index (κ2) is 11.8. The number of hydrogen-bond acceptors (Lipinski definition) is 8. The van der Waals surface area contributed by atoms with Crippen LogP contribution in [0.1, 0.15) is 71.6 Å². The summed E-state index contributed by atoms with van der Waals surface area (Å²) >= 11 is 5.71. The largest absolute Gasteiger partial charge is 0.493 e. The van der Waals surface area contributed by atoms with Gasteiger partial charge in [0.15, 0.2) is 22.2 Å². The highest BCUT2D eigenvalue weighted by Gasteiger charge is 2.59. The zero-order valence-corrected chi connectivity index (χ0v) is 26.3. The van der Waals surface area contributed by atoms with E-state index in [1.54, 1.807) is 36.7 Å². The van der Waals surface area contributed by atoms with Crippen molar-refractivity contribution < 1.29 is 36.6 Å². The van der Waals surface area contributed by atoms with E-state index in [0.717, 1.165) is 23.5 Å². The predicted molar refractivity (Wildman–Crippen MR) is 165 cm³/mol. The molecule has 4 heterocycles. The topological polar surface area (TPSA) is 125 Å². The first-order valence-electron chi connectivity index (χ1n) is 14.9. The van der Waals surface area contributed by atoms with Crippen LogP contribution < -0.4 is 25.3 Å². The number of rotatable bonds is 7. The quantitative estimate of drug-likeness (QED) is 0.268. The number of imidazole rings is 1. The van der Waals surface area contributed by atoms with Crippen LogP contribution in [0.2, 0.25) is 0 Å². The van der Waals surface area contributed by atoms with Crippen LogP contribution >= 0.6 is 12.2 Å². The van der Waals surface area contributed by atoms with E-state index in [-0.39, 0.29) is 37.3 Å². The Morgan fingerprint density at radius 3 is 2.64 bits per heavy atom. The molecule has 0 aliphatic carbocycles. The van der Waals surface area contributed by atoms with Crippen LogP contribution in [0.15, 0.2) is 30.3 Å². The molecule has 16 heteroatoms. The number of anilines is 2. The lowest BCUT2D eigenvalue weighted by Crippen LogP contribution is -2.51. The van der Waals surface area contributed by atoms with E-state index in [1.807, 2.05) is 6.92 Å². The fraction of sp³-hybridized carbons (Fsp3) is 0.387. The number of nitrogens with zero attached hydrogens (tertiary/aromatic N) is 5. The van der Waals surface area contributed by atoms with Crippen LogP contribution in [0.25, 0.3) is 0 Å². The van der Waals surface area contributed by atoms with Crippen LogP contribution in [0.4, 0.5) is 28.9 Å². The molecule has 2 saturated heterocycles. The Labute approximate surface area is 272 Å². The second-order valence-corrected chi connectivity index (χ2v) is 11.6. The molecular weight excluding hydrogens is 642 g/mol. The lowest BCUT2D eigenvalue weighted by atomic mass is 9.95. The minimum Gasteiger partial charge on any atom is -0.493 e. The van der Waals surface area contributed by atoms with Gasteiger partial charge in [-0.3, -0.25) is 19.9 Å². The predicted octanol–water partition coefficient (Wildman–Crippen LogP) is 4.86. The average Bonchev–Trinajstić information content (AvgIpc) is 3.69. The molecule has 0 radical (unpaired) electrons. The standard InChI is InChI=1S/C31H29F4N7O4S/c1-4-6-22-37-16(3)25-27(43)38-26(39-42(22)25)19-13-18(8-10-21(19)46-5-2)41-29(47)40(28(44)30(41)11-12-45-15-30)20-9-7-17(14-36)23(24(20)32)31(33,34)35/h7-10,13,26,39H,4-6,11-12,15H2,1-3H3,(H,38,43). The molecule has 0 saturated carbocycles. The molecule has 47 heavy (non-hydrogen) atoms. The monoisotopic (exact) mass is 671 g/mol. The number of nitriles is 1. The summed E-state index contributed by atoms with van der Waals surface area (Å²) in [6, 6.07) is 8.00. The molecule has 1 aromatic heterocycles. The van der Waals surface area contributed by atoms with Crippen molar-refractivity contribution in [2.45, 2.75) is 57.9 Å². The van der Waals surface area contributed by atoms with E-state index >= 15 is 4.39 Å². The molecule has 1 spiro atoms. The molecular formula is C31H29F4N7O4S. The SMILES string of the molecule is CCCc1nc(C)c2n1NC(c1cc(N3C(=S)N(c4ccc(C#N)c(C(F)(F)F)c4F)C(=O)C34CCOC4)ccc1OCC)NC2=O. The Morgan fingerprint density at radius 1 is 1.23 bits per heavy atom. The summed E-state index contributed by atoms with van der Waals surface area (Å²) in [4.78, 5) is 34.2. The number of benzene rings is 2. The Hall–Kier alpha value is -4.75. The molecule has 6 rings (SSSR count). The molecule has 2 fully saturated rings. The van der Waals surface area contributed by atoms with Gasteiger partial charge in [0.1, 0.15) is 23.3 Å². The fourth-order valence-electron chi connectivity index (χ4n) is 6.33. The van der Waals surface area contributed by atoms with Gasteiger partial charge in [-0.15, -0.1) is 0 Å². The van der Waals surface area contributed by atoms with Crippen molar-refractivity contribution in [3.8, 4) is 11.8 Å². The number of halogens is 4. The molecule has 3 aromatic rings. The Kier molecular flexibility index (Phi) is 8.09. The highest BCUT2D eigenvalue weighted by atomic mass is 32.1. The summed E-state index contributed by atoms with van der Waals surface area (Å²) < 4.78 is 70.5. The number of hydrogen-bond donors (Lipinski definition) is 2. The first kappa shape index (κ1) is 32.2. The summed E-state index contributed by atoms with van der Waals surface area (Å²) in [5, 5.41) is 11.9. The van der Waals surface area contributed by atoms with Gasteiger partial charge in [-0.1, -0.05) is 6.92 Å². The van der Waals surface area contributed by atoms with E-state index in [9.17, 15) is 28.0 Å². The molecule has 2 atom stereocenters. The van der Waals surface area contributed by atoms with E-state index in [1.165, 1.54) is 11.0 Å². The van der Waals surface area contributed by atoms with Crippen molar-refractivity contribution >= 4 is 40.5 Å². The lowest BCUT2D eigenvalue weighted by molar-refractivity contribution is -0.140. The van der Waals surface area contributed by atoms with Crippen LogP contribution in [-0.2, 0) is 22.1 Å². The maximum atomic E-state index is 15.7. The Morgan fingerprint density at radius 2 is 2.00 bits per heavy atom. The number of carbonyl (C=O) groups is 2. The van der Waals surface area contributed by atoms with Crippen LogP contribution in [0.3, 0.4) is 0 Å². The second-order valence-electron chi connectivity index (χ2n) is 11.3. The highest BCUT2D eigenvalue weighted by molar-refractivity contribution is 7.81. The number of amides is 2. The van der Waals surface area contributed by atoms with E-state index in [4.69, 9.17) is 21.7 Å². The summed E-state index contributed by atoms with van der Waals surface area (Å²) in [7, 11) is 0. The zero-order chi connectivity index (χ0) is 33.8. The molecule has 3 aliphatic rings. The number of alkyl halides is 3. The molecule has 11 nitrogen and oxygen atoms in total. The van der Waals surface area contributed by atoms with Crippen molar-refractivity contribution in [2.75, 3.05) is 35.0 Å².